The monoisotopic (exact) mass is 271 g/mol. The van der Waals surface area contributed by atoms with Crippen molar-refractivity contribution in [2.45, 2.75) is 27.7 Å². The van der Waals surface area contributed by atoms with Crippen molar-refractivity contribution in [1.29, 1.82) is 0 Å². The number of carbonyl (C=O) groups excluding carboxylic acids is 1. The Labute approximate surface area is 117 Å². The maximum absolute atomic E-state index is 12.4. The first-order valence-corrected chi connectivity index (χ1v) is 6.38. The third-order valence-corrected chi connectivity index (χ3v) is 3.07. The van der Waals surface area contributed by atoms with Crippen molar-refractivity contribution in [3.63, 3.8) is 0 Å². The Morgan fingerprint density at radius 1 is 1.25 bits per heavy atom. The highest BCUT2D eigenvalue weighted by Gasteiger charge is 2.16. The molecule has 2 heterocycles. The minimum atomic E-state index is -0.351. The molecule has 0 aliphatic heterocycles. The number of hydrogen-bond donors (Lipinski definition) is 1. The molecule has 0 aromatic carbocycles. The number of aryl methyl sites for hydroxylation is 3. The maximum atomic E-state index is 12.4. The Balaban J connectivity index is 2.42. The lowest BCUT2D eigenvalue weighted by Gasteiger charge is -2.05. The summed E-state index contributed by atoms with van der Waals surface area (Å²) in [6.07, 6.45) is 1.65. The van der Waals surface area contributed by atoms with Crippen LogP contribution in [0.5, 0.6) is 0 Å². The summed E-state index contributed by atoms with van der Waals surface area (Å²) in [6.45, 7) is 7.07. The van der Waals surface area contributed by atoms with Crippen LogP contribution in [0.25, 0.3) is 6.08 Å². The molecule has 0 atom stereocenters. The highest BCUT2D eigenvalue weighted by molar-refractivity contribution is 6.11. The van der Waals surface area contributed by atoms with Crippen LogP contribution < -0.4 is 5.56 Å². The number of allylic oxidation sites excluding steroid dienone is 1. The summed E-state index contributed by atoms with van der Waals surface area (Å²) in [7, 11) is 0. The van der Waals surface area contributed by atoms with E-state index < -0.39 is 0 Å². The van der Waals surface area contributed by atoms with Crippen LogP contribution in [-0.2, 0) is 0 Å². The highest BCUT2D eigenvalue weighted by Crippen LogP contribution is 2.15. The number of carbonyl (C=O) groups is 1. The van der Waals surface area contributed by atoms with Crippen LogP contribution in [0.15, 0.2) is 33.0 Å². The summed E-state index contributed by atoms with van der Waals surface area (Å²) in [5.74, 6) is 1.10. The third-order valence-electron chi connectivity index (χ3n) is 3.07. The minimum absolute atomic E-state index is 0.188. The van der Waals surface area contributed by atoms with Gasteiger partial charge in [0.05, 0.1) is 5.56 Å². The van der Waals surface area contributed by atoms with Crippen LogP contribution in [0.1, 0.15) is 40.1 Å². The lowest BCUT2D eigenvalue weighted by molar-refractivity contribution is 0.103. The van der Waals surface area contributed by atoms with Gasteiger partial charge in [0.1, 0.15) is 11.5 Å². The lowest BCUT2D eigenvalue weighted by Crippen LogP contribution is -2.21. The predicted octanol–water partition coefficient (Wildman–Crippen LogP) is 3.18. The van der Waals surface area contributed by atoms with Gasteiger partial charge in [0.15, 0.2) is 5.78 Å². The zero-order valence-electron chi connectivity index (χ0n) is 12.0. The van der Waals surface area contributed by atoms with Crippen LogP contribution in [0.4, 0.5) is 0 Å². The standard InChI is InChI=1S/C16H17NO3/c1-9-7-11(3)17-16(19)14(9)15(18)10(2)8-13-6-5-12(4)20-13/h5-8H,1-4H3,(H,17,19)/b10-8+. The number of furan rings is 1. The first-order chi connectivity index (χ1) is 9.38. The number of Topliss-reactive ketones (excluding diaryl/α,β-unsaturated/α-hetero) is 1. The molecule has 0 radical (unpaired) electrons. The van der Waals surface area contributed by atoms with Crippen LogP contribution in [0.2, 0.25) is 0 Å². The van der Waals surface area contributed by atoms with Crippen LogP contribution in [-0.4, -0.2) is 10.8 Å². The van der Waals surface area contributed by atoms with Gasteiger partial charge in [0.25, 0.3) is 5.56 Å². The number of pyridine rings is 1. The Bertz CT molecular complexity index is 747. The number of ketones is 1. The van der Waals surface area contributed by atoms with E-state index in [1.165, 1.54) is 0 Å². The van der Waals surface area contributed by atoms with E-state index >= 15 is 0 Å². The first kappa shape index (κ1) is 14.1. The van der Waals surface area contributed by atoms with E-state index in [1.54, 1.807) is 39.0 Å². The second-order valence-electron chi connectivity index (χ2n) is 4.94. The second-order valence-corrected chi connectivity index (χ2v) is 4.94. The largest absolute Gasteiger partial charge is 0.462 e. The molecule has 2 aromatic rings. The van der Waals surface area contributed by atoms with Gasteiger partial charge >= 0.3 is 0 Å². The summed E-state index contributed by atoms with van der Waals surface area (Å²) in [6, 6.07) is 5.41. The number of nitrogens with one attached hydrogen (secondary N) is 1. The molecule has 2 rings (SSSR count). The van der Waals surface area contributed by atoms with Gasteiger partial charge in [-0.25, -0.2) is 0 Å². The number of hydrogen-bond acceptors (Lipinski definition) is 3. The van der Waals surface area contributed by atoms with Gasteiger partial charge < -0.3 is 9.40 Å². The van der Waals surface area contributed by atoms with Gasteiger partial charge in [-0.05, 0) is 57.5 Å². The molecule has 0 aliphatic carbocycles. The summed E-state index contributed by atoms with van der Waals surface area (Å²) >= 11 is 0. The number of aromatic amines is 1. The van der Waals surface area contributed by atoms with E-state index in [2.05, 4.69) is 4.98 Å². The Hall–Kier alpha value is -2.36. The topological polar surface area (TPSA) is 63.1 Å². The minimum Gasteiger partial charge on any atom is -0.462 e. The number of rotatable bonds is 3. The van der Waals surface area contributed by atoms with Gasteiger partial charge in [0.2, 0.25) is 0 Å². The Morgan fingerprint density at radius 3 is 2.50 bits per heavy atom. The number of H-pyrrole nitrogens is 1. The summed E-state index contributed by atoms with van der Waals surface area (Å²) in [5, 5.41) is 0. The van der Waals surface area contributed by atoms with E-state index in [1.807, 2.05) is 13.0 Å². The molecule has 104 valence electrons. The van der Waals surface area contributed by atoms with Crippen LogP contribution >= 0.6 is 0 Å². The SMILES string of the molecule is C/C(=C\c1ccc(C)o1)C(=O)c1c(C)cc(C)[nH]c1=O. The van der Waals surface area contributed by atoms with Gasteiger partial charge in [-0.3, -0.25) is 9.59 Å². The summed E-state index contributed by atoms with van der Waals surface area (Å²) in [5.41, 5.74) is 1.73. The maximum Gasteiger partial charge on any atom is 0.259 e. The average Bonchev–Trinajstić information content (AvgIpc) is 2.73. The molecule has 0 spiro atoms. The fourth-order valence-electron chi connectivity index (χ4n) is 2.14. The van der Waals surface area contributed by atoms with Crippen molar-refractivity contribution < 1.29 is 9.21 Å². The molecule has 0 fully saturated rings. The quantitative estimate of drug-likeness (QED) is 0.689. The molecule has 0 bridgehead atoms. The Kier molecular flexibility index (Phi) is 3.74. The highest BCUT2D eigenvalue weighted by atomic mass is 16.3. The predicted molar refractivity (Wildman–Crippen MR) is 78.0 cm³/mol. The van der Waals surface area contributed by atoms with Gasteiger partial charge in [-0.1, -0.05) is 0 Å². The van der Waals surface area contributed by atoms with Crippen molar-refractivity contribution in [1.82, 2.24) is 4.98 Å². The van der Waals surface area contributed by atoms with Gasteiger partial charge in [0, 0.05) is 11.3 Å². The fraction of sp³-hybridized carbons (Fsp3) is 0.250. The third kappa shape index (κ3) is 2.79. The van der Waals surface area contributed by atoms with Crippen molar-refractivity contribution in [2.24, 2.45) is 0 Å². The zero-order chi connectivity index (χ0) is 14.9. The lowest BCUT2D eigenvalue weighted by atomic mass is 10.0. The molecule has 1 N–H and O–H groups in total. The van der Waals surface area contributed by atoms with E-state index in [9.17, 15) is 9.59 Å². The summed E-state index contributed by atoms with van der Waals surface area (Å²) < 4.78 is 5.41. The van der Waals surface area contributed by atoms with Crippen molar-refractivity contribution in [2.75, 3.05) is 0 Å². The molecule has 0 unspecified atom stereocenters. The van der Waals surface area contributed by atoms with Crippen molar-refractivity contribution in [3.05, 3.63) is 62.5 Å². The van der Waals surface area contributed by atoms with Crippen LogP contribution in [0, 0.1) is 20.8 Å². The fourth-order valence-corrected chi connectivity index (χ4v) is 2.14. The molecule has 0 aliphatic rings. The molecular weight excluding hydrogens is 254 g/mol. The first-order valence-electron chi connectivity index (χ1n) is 6.38. The summed E-state index contributed by atoms with van der Waals surface area (Å²) in [4.78, 5) is 27.0. The Morgan fingerprint density at radius 2 is 1.95 bits per heavy atom. The molecule has 0 saturated carbocycles. The van der Waals surface area contributed by atoms with Crippen molar-refractivity contribution in [3.8, 4) is 0 Å². The van der Waals surface area contributed by atoms with E-state index in [0.29, 0.717) is 16.9 Å². The van der Waals surface area contributed by atoms with E-state index in [4.69, 9.17) is 4.42 Å². The average molecular weight is 271 g/mol. The smallest absolute Gasteiger partial charge is 0.259 e. The molecule has 0 amide bonds. The molecule has 4 heteroatoms. The van der Waals surface area contributed by atoms with E-state index in [0.717, 1.165) is 11.5 Å². The molecule has 2 aromatic heterocycles. The molecule has 4 nitrogen and oxygen atoms in total. The normalized spacial score (nSPS) is 11.7. The van der Waals surface area contributed by atoms with Gasteiger partial charge in [-0.2, -0.15) is 0 Å². The zero-order valence-corrected chi connectivity index (χ0v) is 12.0. The molecular formula is C16H17NO3. The van der Waals surface area contributed by atoms with Gasteiger partial charge in [-0.15, -0.1) is 0 Å². The van der Waals surface area contributed by atoms with Crippen LogP contribution in [0.3, 0.4) is 0 Å². The van der Waals surface area contributed by atoms with Crippen molar-refractivity contribution >= 4 is 11.9 Å². The van der Waals surface area contributed by atoms with E-state index in [-0.39, 0.29) is 16.9 Å². The second kappa shape index (κ2) is 5.33. The molecule has 0 saturated heterocycles. The number of aromatic nitrogens is 1. The molecule has 20 heavy (non-hydrogen) atoms.